The molecule has 8 aliphatic rings. The number of rotatable bonds is 0. The molecular weight excluding hydrogens is 528 g/mol. The van der Waals surface area contributed by atoms with E-state index in [0.717, 1.165) is 0 Å². The third-order valence-electron chi connectivity index (χ3n) is 11.0. The monoisotopic (exact) mass is 617 g/mol. The zero-order valence-corrected chi connectivity index (χ0v) is 31.1. The number of hydrogen-bond donors (Lipinski definition) is 0. The van der Waals surface area contributed by atoms with E-state index < -0.39 is 0 Å². The first-order valence-corrected chi connectivity index (χ1v) is 22.0. The standard InChI is InChI=1S/2C8H16.2C6H12.4C4H8/c2*1-2-4-6-8-7-5-3-1;2*1-2-4-6-5-3-1;4*1-2-4-3-1/h2*1-8H2;2*1-6H2;4*1-4H2. The van der Waals surface area contributed by atoms with Crippen LogP contribution in [0.3, 0.4) is 0 Å². The Bertz CT molecular complexity index is 309. The Kier molecular flexibility index (Phi) is 37.4. The van der Waals surface area contributed by atoms with Crippen LogP contribution >= 0.6 is 0 Å². The summed E-state index contributed by atoms with van der Waals surface area (Å²) in [6, 6.07) is 0. The molecule has 0 amide bonds. The molecule has 0 spiro atoms. The van der Waals surface area contributed by atoms with Crippen molar-refractivity contribution in [1.82, 2.24) is 0 Å². The highest BCUT2D eigenvalue weighted by Gasteiger charge is 1.99. The molecule has 0 atom stereocenters. The van der Waals surface area contributed by atoms with E-state index in [2.05, 4.69) is 0 Å². The van der Waals surface area contributed by atoms with Crippen LogP contribution in [-0.2, 0) is 0 Å². The van der Waals surface area contributed by atoms with Crippen LogP contribution in [-0.4, -0.2) is 0 Å². The molecule has 0 aliphatic heterocycles. The van der Waals surface area contributed by atoms with Crippen molar-refractivity contribution in [2.24, 2.45) is 0 Å². The van der Waals surface area contributed by atoms with E-state index >= 15 is 0 Å². The average molecular weight is 617 g/mol. The van der Waals surface area contributed by atoms with E-state index in [4.69, 9.17) is 0 Å². The lowest BCUT2D eigenvalue weighted by Crippen LogP contribution is -1.85. The predicted molar refractivity (Wildman–Crippen MR) is 203 cm³/mol. The molecule has 0 unspecified atom stereocenters. The lowest BCUT2D eigenvalue weighted by Gasteiger charge is -2.05. The van der Waals surface area contributed by atoms with Gasteiger partial charge in [-0.25, -0.2) is 0 Å². The highest BCUT2D eigenvalue weighted by atomic mass is 14.1. The SMILES string of the molecule is C1CCC1.C1CCC1.C1CCC1.C1CCC1.C1CCCCC1.C1CCCCC1.C1CCCCCCC1.C1CCCCCCC1. The highest BCUT2D eigenvalue weighted by molar-refractivity contribution is 4.54. The van der Waals surface area contributed by atoms with E-state index in [1.165, 1.54) is 283 Å². The Labute approximate surface area is 281 Å². The molecule has 0 aromatic carbocycles. The summed E-state index contributed by atoms with van der Waals surface area (Å²) >= 11 is 0. The van der Waals surface area contributed by atoms with Gasteiger partial charge in [-0.05, 0) is 0 Å². The molecule has 0 nitrogen and oxygen atoms in total. The largest absolute Gasteiger partial charge is 0.0533 e. The minimum absolute atomic E-state index is 1.50. The molecule has 8 fully saturated rings. The van der Waals surface area contributed by atoms with Crippen LogP contribution in [0.1, 0.15) is 283 Å². The maximum absolute atomic E-state index is 1.50. The molecule has 0 heteroatoms. The first-order valence-electron chi connectivity index (χ1n) is 22.0. The Hall–Kier alpha value is 0. The van der Waals surface area contributed by atoms with Gasteiger partial charge in [0.05, 0.1) is 0 Å². The van der Waals surface area contributed by atoms with Crippen LogP contribution in [0.25, 0.3) is 0 Å². The smallest absolute Gasteiger partial charge is 0.0533 e. The van der Waals surface area contributed by atoms with Crippen LogP contribution in [0, 0.1) is 0 Å². The fourth-order valence-electron chi connectivity index (χ4n) is 5.95. The Balaban J connectivity index is 0.000000255. The predicted octanol–water partition coefficient (Wildman–Crippen LogP) is 17.2. The zero-order valence-electron chi connectivity index (χ0n) is 31.1. The van der Waals surface area contributed by atoms with E-state index in [0.29, 0.717) is 0 Å². The van der Waals surface area contributed by atoms with E-state index in [1.54, 1.807) is 0 Å². The van der Waals surface area contributed by atoms with E-state index in [9.17, 15) is 0 Å². The van der Waals surface area contributed by atoms with Crippen LogP contribution in [0.15, 0.2) is 0 Å². The van der Waals surface area contributed by atoms with Gasteiger partial charge in [0.2, 0.25) is 0 Å². The summed E-state index contributed by atoms with van der Waals surface area (Å²) in [4.78, 5) is 0. The van der Waals surface area contributed by atoms with Crippen molar-refractivity contribution in [3.63, 3.8) is 0 Å². The Morgan fingerprint density at radius 1 is 0.0455 bits per heavy atom. The first-order chi connectivity index (χ1) is 22.0. The Morgan fingerprint density at radius 3 is 0.0909 bits per heavy atom. The van der Waals surface area contributed by atoms with Crippen molar-refractivity contribution in [2.45, 2.75) is 283 Å². The lowest BCUT2D eigenvalue weighted by molar-refractivity contribution is 0.504. The first kappa shape index (κ1) is 42.0. The number of hydrogen-bond acceptors (Lipinski definition) is 0. The van der Waals surface area contributed by atoms with Crippen LogP contribution in [0.4, 0.5) is 0 Å². The fourth-order valence-corrected chi connectivity index (χ4v) is 5.95. The summed E-state index contributed by atoms with van der Waals surface area (Å²) in [6.07, 6.45) is 66.0. The van der Waals surface area contributed by atoms with Crippen molar-refractivity contribution >= 4 is 0 Å². The van der Waals surface area contributed by atoms with Gasteiger partial charge in [-0.1, -0.05) is 283 Å². The van der Waals surface area contributed by atoms with Crippen molar-refractivity contribution in [2.75, 3.05) is 0 Å². The molecule has 0 heterocycles. The fraction of sp³-hybridized carbons (Fsp3) is 1.00. The highest BCUT2D eigenvalue weighted by Crippen LogP contribution is 2.19. The second kappa shape index (κ2) is 39.2. The van der Waals surface area contributed by atoms with Crippen LogP contribution < -0.4 is 0 Å². The van der Waals surface area contributed by atoms with Crippen molar-refractivity contribution in [3.8, 4) is 0 Å². The second-order valence-electron chi connectivity index (χ2n) is 15.6. The summed E-state index contributed by atoms with van der Waals surface area (Å²) in [6.45, 7) is 0. The van der Waals surface area contributed by atoms with Crippen molar-refractivity contribution < 1.29 is 0 Å². The molecule has 0 aromatic heterocycles. The van der Waals surface area contributed by atoms with E-state index in [-0.39, 0.29) is 0 Å². The van der Waals surface area contributed by atoms with E-state index in [1.807, 2.05) is 0 Å². The molecule has 0 bridgehead atoms. The second-order valence-corrected chi connectivity index (χ2v) is 15.6. The van der Waals surface area contributed by atoms with Crippen molar-refractivity contribution in [3.05, 3.63) is 0 Å². The van der Waals surface area contributed by atoms with Gasteiger partial charge >= 0.3 is 0 Å². The maximum atomic E-state index is 1.50. The third-order valence-corrected chi connectivity index (χ3v) is 11.0. The summed E-state index contributed by atoms with van der Waals surface area (Å²) in [5.41, 5.74) is 0. The normalized spacial score (nSPS) is 24.0. The van der Waals surface area contributed by atoms with Gasteiger partial charge < -0.3 is 0 Å². The lowest BCUT2D eigenvalue weighted by atomic mass is 10.0. The van der Waals surface area contributed by atoms with Gasteiger partial charge in [-0.3, -0.25) is 0 Å². The molecule has 0 N–H and O–H groups in total. The average Bonchev–Trinajstić information content (AvgIpc) is 2.87. The molecule has 264 valence electrons. The maximum Gasteiger partial charge on any atom is -0.0533 e. The summed E-state index contributed by atoms with van der Waals surface area (Å²) in [7, 11) is 0. The van der Waals surface area contributed by atoms with Gasteiger partial charge in [0, 0.05) is 0 Å². The quantitative estimate of drug-likeness (QED) is 0.254. The van der Waals surface area contributed by atoms with Crippen molar-refractivity contribution in [1.29, 1.82) is 0 Å². The minimum Gasteiger partial charge on any atom is -0.0533 e. The third kappa shape index (κ3) is 36.5. The molecule has 0 radical (unpaired) electrons. The van der Waals surface area contributed by atoms with Gasteiger partial charge in [-0.2, -0.15) is 0 Å². The molecule has 0 aromatic rings. The topological polar surface area (TPSA) is 0 Å². The van der Waals surface area contributed by atoms with Crippen LogP contribution in [0.5, 0.6) is 0 Å². The van der Waals surface area contributed by atoms with Gasteiger partial charge in [0.15, 0.2) is 0 Å². The molecule has 8 saturated carbocycles. The molecule has 0 saturated heterocycles. The summed E-state index contributed by atoms with van der Waals surface area (Å²) in [5, 5.41) is 0. The molecule has 44 heavy (non-hydrogen) atoms. The van der Waals surface area contributed by atoms with Crippen LogP contribution in [0.2, 0.25) is 0 Å². The van der Waals surface area contributed by atoms with Gasteiger partial charge in [0.1, 0.15) is 0 Å². The minimum atomic E-state index is 1.50. The molecule has 8 rings (SSSR count). The molecular formula is C44H88. The Morgan fingerprint density at radius 2 is 0.0682 bits per heavy atom. The zero-order chi connectivity index (χ0) is 31.1. The van der Waals surface area contributed by atoms with Gasteiger partial charge in [0.25, 0.3) is 0 Å². The van der Waals surface area contributed by atoms with Gasteiger partial charge in [-0.15, -0.1) is 0 Å². The summed E-state index contributed by atoms with van der Waals surface area (Å²) < 4.78 is 0. The molecule has 8 aliphatic carbocycles. The summed E-state index contributed by atoms with van der Waals surface area (Å²) in [5.74, 6) is 0.